The van der Waals surface area contributed by atoms with Crippen LogP contribution < -0.4 is 0 Å². The molecule has 11 atom stereocenters. The number of hydrogen-bond acceptors (Lipinski definition) is 10. The maximum absolute atomic E-state index is 12.4. The number of aliphatic hydroxyl groups excluding tert-OH is 1. The standard InChI is InChI=1S/C38H70O10Si2/c1-15-49(16-2,17-3)48-32-31-27(22-37(13)29(44-31)20-24(39)25(45-37)18-19-41-33(40)34(4,5)6)43-30-21-26-28(46-38(30,32)14)23-42-50(47-26,35(7,8)9)36(10,11)12/h24-32,39H,15-23H2,1-14H3/t24-,25+,26+,27+,28-,29+,30-,31+,32-,37-,38-/m1/s1. The molecular weight excluding hydrogens is 673 g/mol. The van der Waals surface area contributed by atoms with Crippen molar-refractivity contribution < 1.29 is 46.9 Å². The van der Waals surface area contributed by atoms with Crippen LogP contribution in [0.1, 0.15) is 123 Å². The molecule has 5 aliphatic heterocycles. The molecule has 290 valence electrons. The van der Waals surface area contributed by atoms with E-state index in [9.17, 15) is 9.90 Å². The zero-order valence-corrected chi connectivity index (χ0v) is 35.7. The van der Waals surface area contributed by atoms with E-state index in [1.54, 1.807) is 0 Å². The van der Waals surface area contributed by atoms with Crippen molar-refractivity contribution in [2.45, 2.75) is 217 Å². The van der Waals surface area contributed by atoms with Crippen LogP contribution in [0.15, 0.2) is 0 Å². The Bertz CT molecular complexity index is 1190. The molecule has 5 aliphatic rings. The smallest absolute Gasteiger partial charge is 0.349 e. The van der Waals surface area contributed by atoms with E-state index in [0.29, 0.717) is 32.3 Å². The molecule has 5 rings (SSSR count). The molecular formula is C38H70O10Si2. The van der Waals surface area contributed by atoms with Crippen LogP contribution in [-0.2, 0) is 41.8 Å². The Morgan fingerprint density at radius 1 is 0.860 bits per heavy atom. The molecule has 1 N–H and O–H groups in total. The van der Waals surface area contributed by atoms with Crippen LogP contribution in [0, 0.1) is 5.41 Å². The molecule has 0 amide bonds. The number of fused-ring (bicyclic) bond motifs is 4. The molecule has 0 bridgehead atoms. The highest BCUT2D eigenvalue weighted by molar-refractivity contribution is 6.74. The van der Waals surface area contributed by atoms with E-state index in [0.717, 1.165) is 18.1 Å². The second-order valence-electron chi connectivity index (χ2n) is 19.3. The zero-order chi connectivity index (χ0) is 37.3. The van der Waals surface area contributed by atoms with Crippen molar-refractivity contribution >= 4 is 22.8 Å². The number of hydrogen-bond donors (Lipinski definition) is 1. The van der Waals surface area contributed by atoms with E-state index in [1.165, 1.54) is 0 Å². The van der Waals surface area contributed by atoms with E-state index in [4.69, 9.17) is 37.0 Å². The summed E-state index contributed by atoms with van der Waals surface area (Å²) in [5.41, 5.74) is -2.06. The molecule has 0 radical (unpaired) electrons. The quantitative estimate of drug-likeness (QED) is 0.203. The number of aliphatic hydroxyl groups is 1. The third-order valence-corrected chi connectivity index (χ3v) is 22.5. The minimum Gasteiger partial charge on any atom is -0.465 e. The van der Waals surface area contributed by atoms with Gasteiger partial charge in [-0.05, 0) is 52.8 Å². The first-order chi connectivity index (χ1) is 23.0. The van der Waals surface area contributed by atoms with Gasteiger partial charge in [0.05, 0.1) is 60.9 Å². The Morgan fingerprint density at radius 3 is 2.04 bits per heavy atom. The second kappa shape index (κ2) is 14.0. The van der Waals surface area contributed by atoms with E-state index >= 15 is 0 Å². The van der Waals surface area contributed by atoms with Crippen molar-refractivity contribution in [2.75, 3.05) is 13.2 Å². The van der Waals surface area contributed by atoms with E-state index in [2.05, 4.69) is 76.2 Å². The summed E-state index contributed by atoms with van der Waals surface area (Å²) in [6.07, 6.45) is -1.17. The molecule has 0 aromatic carbocycles. The molecule has 50 heavy (non-hydrogen) atoms. The van der Waals surface area contributed by atoms with Crippen molar-refractivity contribution in [1.82, 2.24) is 0 Å². The minimum atomic E-state index is -2.72. The zero-order valence-electron chi connectivity index (χ0n) is 33.7. The van der Waals surface area contributed by atoms with Crippen LogP contribution >= 0.6 is 0 Å². The number of ether oxygens (including phenoxy) is 5. The molecule has 12 heteroatoms. The Hall–Kier alpha value is -0.416. The van der Waals surface area contributed by atoms with Gasteiger partial charge in [-0.25, -0.2) is 0 Å². The lowest BCUT2D eigenvalue weighted by Crippen LogP contribution is -2.77. The van der Waals surface area contributed by atoms with Crippen molar-refractivity contribution in [3.8, 4) is 0 Å². The summed E-state index contributed by atoms with van der Waals surface area (Å²) in [4.78, 5) is 12.4. The van der Waals surface area contributed by atoms with Gasteiger partial charge in [0.2, 0.25) is 0 Å². The average molecular weight is 743 g/mol. The Morgan fingerprint density at radius 2 is 1.48 bits per heavy atom. The summed E-state index contributed by atoms with van der Waals surface area (Å²) in [5, 5.41) is 11.0. The van der Waals surface area contributed by atoms with Gasteiger partial charge in [-0.2, -0.15) is 0 Å². The van der Waals surface area contributed by atoms with Crippen LogP contribution in [0.5, 0.6) is 0 Å². The first-order valence-corrected chi connectivity index (χ1v) is 23.8. The van der Waals surface area contributed by atoms with Gasteiger partial charge >= 0.3 is 14.5 Å². The van der Waals surface area contributed by atoms with Crippen molar-refractivity contribution in [1.29, 1.82) is 0 Å². The average Bonchev–Trinajstić information content (AvgIpc) is 3.00. The van der Waals surface area contributed by atoms with Gasteiger partial charge in [-0.15, -0.1) is 0 Å². The number of rotatable bonds is 8. The van der Waals surface area contributed by atoms with Gasteiger partial charge in [0.25, 0.3) is 0 Å². The van der Waals surface area contributed by atoms with Gasteiger partial charge in [0.1, 0.15) is 23.9 Å². The summed E-state index contributed by atoms with van der Waals surface area (Å²) in [7, 11) is -4.86. The van der Waals surface area contributed by atoms with Crippen LogP contribution in [0.25, 0.3) is 0 Å². The fourth-order valence-corrected chi connectivity index (χ4v) is 17.4. The van der Waals surface area contributed by atoms with E-state index in [1.807, 2.05) is 20.8 Å². The lowest BCUT2D eigenvalue weighted by molar-refractivity contribution is -0.371. The molecule has 5 heterocycles. The summed E-state index contributed by atoms with van der Waals surface area (Å²) < 4.78 is 55.1. The van der Waals surface area contributed by atoms with Crippen LogP contribution in [-0.4, -0.2) is 107 Å². The maximum Gasteiger partial charge on any atom is 0.349 e. The molecule has 0 aliphatic carbocycles. The summed E-state index contributed by atoms with van der Waals surface area (Å²) in [6, 6.07) is 3.01. The van der Waals surface area contributed by atoms with Crippen molar-refractivity contribution in [2.24, 2.45) is 5.41 Å². The van der Waals surface area contributed by atoms with Crippen LogP contribution in [0.2, 0.25) is 28.2 Å². The monoisotopic (exact) mass is 742 g/mol. The Labute approximate surface area is 304 Å². The first kappa shape index (κ1) is 40.8. The maximum atomic E-state index is 12.4. The fourth-order valence-electron chi connectivity index (χ4n) is 9.55. The summed E-state index contributed by atoms with van der Waals surface area (Å²) in [5.74, 6) is -0.262. The molecule has 5 fully saturated rings. The highest BCUT2D eigenvalue weighted by Gasteiger charge is 2.68. The normalized spacial score (nSPS) is 40.6. The SMILES string of the molecule is CC[Si](CC)(CC)O[C@@H]1[C@H]2O[C@H]3C[C@@H](O)[C@H](CCOC(=O)C(C)(C)C)O[C@]3(C)C[C@@H]2O[C@@H]2C[C@@H]3O[Si](C(C)(C)C)(C(C)(C)C)OC[C@H]3O[C@@]12C. The predicted octanol–water partition coefficient (Wildman–Crippen LogP) is 7.20. The van der Waals surface area contributed by atoms with E-state index in [-0.39, 0.29) is 65.4 Å². The van der Waals surface area contributed by atoms with Crippen molar-refractivity contribution in [3.05, 3.63) is 0 Å². The third kappa shape index (κ3) is 7.22. The lowest BCUT2D eigenvalue weighted by Gasteiger charge is -2.64. The highest BCUT2D eigenvalue weighted by Crippen LogP contribution is 2.57. The Kier molecular flexibility index (Phi) is 11.4. The molecule has 0 unspecified atom stereocenters. The largest absolute Gasteiger partial charge is 0.465 e. The first-order valence-electron chi connectivity index (χ1n) is 19.5. The third-order valence-electron chi connectivity index (χ3n) is 12.7. The highest BCUT2D eigenvalue weighted by atomic mass is 28.4. The van der Waals surface area contributed by atoms with Gasteiger partial charge < -0.3 is 42.1 Å². The minimum absolute atomic E-state index is 0.138. The fraction of sp³-hybridized carbons (Fsp3) is 0.974. The predicted molar refractivity (Wildman–Crippen MR) is 197 cm³/mol. The molecule has 10 nitrogen and oxygen atoms in total. The summed E-state index contributed by atoms with van der Waals surface area (Å²) in [6.45, 7) is 30.6. The van der Waals surface area contributed by atoms with Gasteiger partial charge in [-0.3, -0.25) is 4.79 Å². The van der Waals surface area contributed by atoms with E-state index < -0.39 is 45.7 Å². The number of carbonyl (C=O) groups excluding carboxylic acids is 1. The molecule has 5 saturated heterocycles. The second-order valence-corrected chi connectivity index (χ2v) is 28.8. The van der Waals surface area contributed by atoms with Gasteiger partial charge in [0, 0.05) is 35.8 Å². The van der Waals surface area contributed by atoms with Crippen molar-refractivity contribution in [3.63, 3.8) is 0 Å². The molecule has 0 saturated carbocycles. The molecule has 0 aromatic rings. The topological polar surface area (TPSA) is 111 Å². The summed E-state index contributed by atoms with van der Waals surface area (Å²) >= 11 is 0. The number of esters is 1. The van der Waals surface area contributed by atoms with Gasteiger partial charge in [0.15, 0.2) is 8.32 Å². The number of carbonyl (C=O) groups is 1. The molecule has 0 spiro atoms. The Balaban J connectivity index is 1.42. The molecule has 0 aromatic heterocycles. The van der Waals surface area contributed by atoms with Crippen LogP contribution in [0.4, 0.5) is 0 Å². The van der Waals surface area contributed by atoms with Crippen LogP contribution in [0.3, 0.4) is 0 Å². The lowest BCUT2D eigenvalue weighted by atomic mass is 9.73. The van der Waals surface area contributed by atoms with Gasteiger partial charge in [-0.1, -0.05) is 62.3 Å².